The van der Waals surface area contributed by atoms with E-state index in [2.05, 4.69) is 4.72 Å². The number of rotatable bonds is 5. The predicted octanol–water partition coefficient (Wildman–Crippen LogP) is 2.24. The average Bonchev–Trinajstić information content (AvgIpc) is 3.10. The Morgan fingerprint density at radius 3 is 2.48 bits per heavy atom. The van der Waals surface area contributed by atoms with Crippen LogP contribution >= 0.6 is 12.4 Å². The lowest BCUT2D eigenvalue weighted by Gasteiger charge is -2.26. The fraction of sp³-hybridized carbons (Fsp3) is 0.316. The molecule has 1 heterocycles. The molecule has 0 fully saturated rings. The molecule has 8 heteroatoms. The maximum atomic E-state index is 13.0. The van der Waals surface area contributed by atoms with Gasteiger partial charge in [0.05, 0.1) is 10.8 Å². The standard InChI is InChI=1S/C19H23N3O3S.ClH/c1-13(18(20)15-6-4-3-5-7-15)19(23)22-11-10-14-8-9-16(12-17(14)22)26(24,25)21-2;/h3-9,12-13,18,21H,10-11,20H2,1-2H3;1H. The summed E-state index contributed by atoms with van der Waals surface area (Å²) in [4.78, 5) is 14.8. The molecule has 3 rings (SSSR count). The molecule has 27 heavy (non-hydrogen) atoms. The number of anilines is 1. The molecular formula is C19H24ClN3O3S. The molecule has 6 nitrogen and oxygen atoms in total. The Balaban J connectivity index is 0.00000261. The number of benzene rings is 2. The number of sulfonamides is 1. The monoisotopic (exact) mass is 409 g/mol. The van der Waals surface area contributed by atoms with Crippen LogP contribution in [-0.4, -0.2) is 27.9 Å². The van der Waals surface area contributed by atoms with E-state index >= 15 is 0 Å². The highest BCUT2D eigenvalue weighted by Crippen LogP contribution is 2.33. The van der Waals surface area contributed by atoms with Gasteiger partial charge in [-0.2, -0.15) is 0 Å². The van der Waals surface area contributed by atoms with Crippen molar-refractivity contribution < 1.29 is 13.2 Å². The highest BCUT2D eigenvalue weighted by atomic mass is 35.5. The Bertz CT molecular complexity index is 919. The number of hydrogen-bond acceptors (Lipinski definition) is 4. The molecule has 0 aromatic heterocycles. The second-order valence-electron chi connectivity index (χ2n) is 6.46. The molecule has 0 radical (unpaired) electrons. The van der Waals surface area contributed by atoms with Gasteiger partial charge in [-0.1, -0.05) is 43.3 Å². The minimum absolute atomic E-state index is 0. The number of carbonyl (C=O) groups excluding carboxylic acids is 1. The predicted molar refractivity (Wildman–Crippen MR) is 109 cm³/mol. The first kappa shape index (κ1) is 21.4. The Labute approximate surface area is 166 Å². The zero-order valence-electron chi connectivity index (χ0n) is 15.3. The Morgan fingerprint density at radius 2 is 1.85 bits per heavy atom. The van der Waals surface area contributed by atoms with E-state index < -0.39 is 22.0 Å². The molecule has 0 bridgehead atoms. The second-order valence-corrected chi connectivity index (χ2v) is 8.35. The van der Waals surface area contributed by atoms with E-state index in [9.17, 15) is 13.2 Å². The smallest absolute Gasteiger partial charge is 0.240 e. The SMILES string of the molecule is CNS(=O)(=O)c1ccc2c(c1)N(C(=O)C(C)C(N)c1ccccc1)CC2.Cl. The first-order chi connectivity index (χ1) is 12.3. The molecule has 0 aliphatic carbocycles. The van der Waals surface area contributed by atoms with Gasteiger partial charge in [0.25, 0.3) is 0 Å². The van der Waals surface area contributed by atoms with Crippen LogP contribution in [0.2, 0.25) is 0 Å². The van der Waals surface area contributed by atoms with E-state index in [1.807, 2.05) is 37.3 Å². The lowest BCUT2D eigenvalue weighted by Crippen LogP contribution is -2.38. The molecule has 1 aliphatic heterocycles. The summed E-state index contributed by atoms with van der Waals surface area (Å²) in [7, 11) is -2.19. The van der Waals surface area contributed by atoms with Crippen molar-refractivity contribution in [2.45, 2.75) is 24.3 Å². The molecule has 146 valence electrons. The number of halogens is 1. The maximum Gasteiger partial charge on any atom is 0.240 e. The molecule has 1 amide bonds. The lowest BCUT2D eigenvalue weighted by molar-refractivity contribution is -0.122. The van der Waals surface area contributed by atoms with Crippen LogP contribution in [0.4, 0.5) is 5.69 Å². The number of hydrogen-bond donors (Lipinski definition) is 2. The third kappa shape index (κ3) is 4.16. The van der Waals surface area contributed by atoms with E-state index in [4.69, 9.17) is 5.73 Å². The molecule has 2 unspecified atom stereocenters. The zero-order chi connectivity index (χ0) is 18.9. The third-order valence-corrected chi connectivity index (χ3v) is 6.32. The summed E-state index contributed by atoms with van der Waals surface area (Å²) >= 11 is 0. The van der Waals surface area contributed by atoms with E-state index in [0.29, 0.717) is 18.7 Å². The molecular weight excluding hydrogens is 386 g/mol. The van der Waals surface area contributed by atoms with Crippen LogP contribution in [0.3, 0.4) is 0 Å². The Kier molecular flexibility index (Phi) is 6.64. The van der Waals surface area contributed by atoms with Gasteiger partial charge in [0, 0.05) is 18.3 Å². The van der Waals surface area contributed by atoms with Crippen LogP contribution < -0.4 is 15.4 Å². The largest absolute Gasteiger partial charge is 0.323 e. The summed E-state index contributed by atoms with van der Waals surface area (Å²) in [5, 5.41) is 0. The van der Waals surface area contributed by atoms with E-state index in [1.54, 1.807) is 23.1 Å². The van der Waals surface area contributed by atoms with Crippen molar-refractivity contribution in [3.8, 4) is 0 Å². The molecule has 1 aliphatic rings. The number of amides is 1. The Morgan fingerprint density at radius 1 is 1.19 bits per heavy atom. The fourth-order valence-electron chi connectivity index (χ4n) is 3.24. The van der Waals surface area contributed by atoms with Gasteiger partial charge in [-0.05, 0) is 36.7 Å². The van der Waals surface area contributed by atoms with Crippen LogP contribution in [0.5, 0.6) is 0 Å². The van der Waals surface area contributed by atoms with E-state index in [-0.39, 0.29) is 23.2 Å². The van der Waals surface area contributed by atoms with E-state index in [0.717, 1.165) is 11.1 Å². The van der Waals surface area contributed by atoms with Crippen molar-refractivity contribution in [3.63, 3.8) is 0 Å². The summed E-state index contributed by atoms with van der Waals surface area (Å²) < 4.78 is 26.4. The number of carbonyl (C=O) groups is 1. The van der Waals surface area contributed by atoms with Crippen molar-refractivity contribution in [1.82, 2.24) is 4.72 Å². The molecule has 3 N–H and O–H groups in total. The lowest BCUT2D eigenvalue weighted by atomic mass is 9.94. The number of fused-ring (bicyclic) bond motifs is 1. The second kappa shape index (κ2) is 8.39. The highest BCUT2D eigenvalue weighted by Gasteiger charge is 2.32. The van der Waals surface area contributed by atoms with Crippen LogP contribution in [-0.2, 0) is 21.2 Å². The Hall–Kier alpha value is -1.93. The summed E-state index contributed by atoms with van der Waals surface area (Å²) in [6.45, 7) is 2.34. The molecule has 0 saturated heterocycles. The van der Waals surface area contributed by atoms with Crippen LogP contribution in [0.25, 0.3) is 0 Å². The molecule has 0 saturated carbocycles. The van der Waals surface area contributed by atoms with Crippen LogP contribution in [0, 0.1) is 5.92 Å². The van der Waals surface area contributed by atoms with Crippen molar-refractivity contribution in [3.05, 3.63) is 59.7 Å². The molecule has 0 spiro atoms. The number of nitrogens with one attached hydrogen (secondary N) is 1. The zero-order valence-corrected chi connectivity index (χ0v) is 16.9. The van der Waals surface area contributed by atoms with Gasteiger partial charge in [-0.15, -0.1) is 12.4 Å². The highest BCUT2D eigenvalue weighted by molar-refractivity contribution is 7.89. The van der Waals surface area contributed by atoms with Gasteiger partial charge in [0.2, 0.25) is 15.9 Å². The van der Waals surface area contributed by atoms with Crippen molar-refractivity contribution in [1.29, 1.82) is 0 Å². The minimum atomic E-state index is -3.56. The van der Waals surface area contributed by atoms with Crippen molar-refractivity contribution in [2.24, 2.45) is 11.7 Å². The van der Waals surface area contributed by atoms with Crippen molar-refractivity contribution >= 4 is 34.0 Å². The minimum Gasteiger partial charge on any atom is -0.323 e. The first-order valence-electron chi connectivity index (χ1n) is 8.53. The number of nitrogens with two attached hydrogens (primary N) is 1. The van der Waals surface area contributed by atoms with Crippen LogP contribution in [0.15, 0.2) is 53.4 Å². The molecule has 2 atom stereocenters. The summed E-state index contributed by atoms with van der Waals surface area (Å²) in [6.07, 6.45) is 0.703. The van der Waals surface area contributed by atoms with Gasteiger partial charge < -0.3 is 10.6 Å². The van der Waals surface area contributed by atoms with Gasteiger partial charge in [0.15, 0.2) is 0 Å². The van der Waals surface area contributed by atoms with Crippen molar-refractivity contribution in [2.75, 3.05) is 18.5 Å². The quantitative estimate of drug-likeness (QED) is 0.792. The topological polar surface area (TPSA) is 92.5 Å². The normalized spacial score (nSPS) is 15.6. The first-order valence-corrected chi connectivity index (χ1v) is 10.0. The molecule has 2 aromatic carbocycles. The summed E-state index contributed by atoms with van der Waals surface area (Å²) in [6, 6.07) is 14.0. The van der Waals surface area contributed by atoms with E-state index in [1.165, 1.54) is 7.05 Å². The summed E-state index contributed by atoms with van der Waals surface area (Å²) in [5.41, 5.74) is 8.81. The molecule has 2 aromatic rings. The number of nitrogens with zero attached hydrogens (tertiary/aromatic N) is 1. The summed E-state index contributed by atoms with van der Waals surface area (Å²) in [5.74, 6) is -0.521. The average molecular weight is 410 g/mol. The van der Waals surface area contributed by atoms with Gasteiger partial charge in [-0.3, -0.25) is 4.79 Å². The maximum absolute atomic E-state index is 13.0. The van der Waals surface area contributed by atoms with Gasteiger partial charge in [0.1, 0.15) is 0 Å². The third-order valence-electron chi connectivity index (χ3n) is 4.91. The van der Waals surface area contributed by atoms with Gasteiger partial charge in [-0.25, -0.2) is 13.1 Å². The van der Waals surface area contributed by atoms with Crippen LogP contribution in [0.1, 0.15) is 24.1 Å². The fourth-order valence-corrected chi connectivity index (χ4v) is 3.99. The van der Waals surface area contributed by atoms with Gasteiger partial charge >= 0.3 is 0 Å².